The van der Waals surface area contributed by atoms with E-state index in [1.807, 2.05) is 38.1 Å². The highest BCUT2D eigenvalue weighted by atomic mass is 16.5. The van der Waals surface area contributed by atoms with Crippen LogP contribution in [0, 0.1) is 11.3 Å². The molecule has 1 N–H and O–H groups in total. The van der Waals surface area contributed by atoms with Gasteiger partial charge < -0.3 is 4.74 Å². The van der Waals surface area contributed by atoms with Gasteiger partial charge in [0.1, 0.15) is 16.9 Å². The molecule has 0 aromatic heterocycles. The molecule has 20 heavy (non-hydrogen) atoms. The van der Waals surface area contributed by atoms with Crippen molar-refractivity contribution >= 4 is 0 Å². The van der Waals surface area contributed by atoms with Gasteiger partial charge in [0.25, 0.3) is 0 Å². The topological polar surface area (TPSA) is 93.8 Å². The van der Waals surface area contributed by atoms with Crippen molar-refractivity contribution in [2.75, 3.05) is 13.1 Å². The SMILES string of the molecule is CC1(C)CC(C#N)(NCCN=[N+]=[N-])c2ccccc2O1. The molecule has 104 valence electrons. The third-order valence-electron chi connectivity index (χ3n) is 3.32. The molecule has 0 radical (unpaired) electrons. The van der Waals surface area contributed by atoms with Gasteiger partial charge in [-0.1, -0.05) is 23.3 Å². The maximum Gasteiger partial charge on any atom is 0.139 e. The number of nitrogens with zero attached hydrogens (tertiary/aromatic N) is 4. The minimum atomic E-state index is -0.816. The zero-order valence-corrected chi connectivity index (χ0v) is 11.6. The molecule has 1 aromatic carbocycles. The number of nitriles is 1. The number of azide groups is 1. The fraction of sp³-hybridized carbons (Fsp3) is 0.500. The molecule has 1 aliphatic rings. The van der Waals surface area contributed by atoms with Crippen molar-refractivity contribution in [3.8, 4) is 11.8 Å². The van der Waals surface area contributed by atoms with Crippen LogP contribution in [0.5, 0.6) is 5.75 Å². The molecule has 1 unspecified atom stereocenters. The quantitative estimate of drug-likeness (QED) is 0.395. The average molecular weight is 271 g/mol. The first-order valence-corrected chi connectivity index (χ1v) is 6.49. The Kier molecular flexibility index (Phi) is 3.84. The monoisotopic (exact) mass is 271 g/mol. The van der Waals surface area contributed by atoms with Crippen molar-refractivity contribution in [1.29, 1.82) is 5.26 Å². The Hall–Kier alpha value is -2.22. The smallest absolute Gasteiger partial charge is 0.139 e. The van der Waals surface area contributed by atoms with Crippen LogP contribution in [0.4, 0.5) is 0 Å². The molecule has 0 bridgehead atoms. The Morgan fingerprint density at radius 3 is 2.95 bits per heavy atom. The van der Waals surface area contributed by atoms with E-state index in [9.17, 15) is 5.26 Å². The van der Waals surface area contributed by atoms with E-state index in [0.717, 1.165) is 11.3 Å². The average Bonchev–Trinajstić information content (AvgIpc) is 2.42. The number of hydrogen-bond donors (Lipinski definition) is 1. The first kappa shape index (κ1) is 14.2. The summed E-state index contributed by atoms with van der Waals surface area (Å²) in [5, 5.41) is 16.4. The Morgan fingerprint density at radius 1 is 1.50 bits per heavy atom. The summed E-state index contributed by atoms with van der Waals surface area (Å²) in [6.07, 6.45) is 0.532. The minimum absolute atomic E-state index is 0.309. The van der Waals surface area contributed by atoms with Crippen molar-refractivity contribution in [2.24, 2.45) is 5.11 Å². The molecule has 0 aliphatic carbocycles. The van der Waals surface area contributed by atoms with Gasteiger partial charge >= 0.3 is 0 Å². The van der Waals surface area contributed by atoms with Crippen LogP contribution in [0.2, 0.25) is 0 Å². The molecule has 0 amide bonds. The summed E-state index contributed by atoms with van der Waals surface area (Å²) >= 11 is 0. The van der Waals surface area contributed by atoms with E-state index in [4.69, 9.17) is 10.3 Å². The Labute approximate surface area is 118 Å². The van der Waals surface area contributed by atoms with Crippen molar-refractivity contribution < 1.29 is 4.74 Å². The summed E-state index contributed by atoms with van der Waals surface area (Å²) in [7, 11) is 0. The summed E-state index contributed by atoms with van der Waals surface area (Å²) in [6, 6.07) is 9.93. The molecule has 1 aliphatic heterocycles. The van der Waals surface area contributed by atoms with Gasteiger partial charge in [-0.25, -0.2) is 0 Å². The molecule has 6 nitrogen and oxygen atoms in total. The van der Waals surface area contributed by atoms with Crippen LogP contribution in [0.3, 0.4) is 0 Å². The fourth-order valence-corrected chi connectivity index (χ4v) is 2.64. The van der Waals surface area contributed by atoms with Gasteiger partial charge in [-0.3, -0.25) is 5.32 Å². The fourth-order valence-electron chi connectivity index (χ4n) is 2.64. The van der Waals surface area contributed by atoms with Crippen LogP contribution in [-0.2, 0) is 5.54 Å². The number of benzene rings is 1. The van der Waals surface area contributed by atoms with Crippen LogP contribution in [0.15, 0.2) is 29.4 Å². The van der Waals surface area contributed by atoms with Crippen LogP contribution in [-0.4, -0.2) is 18.7 Å². The summed E-state index contributed by atoms with van der Waals surface area (Å²) in [5.41, 5.74) is 7.90. The predicted molar refractivity (Wildman–Crippen MR) is 75.1 cm³/mol. The minimum Gasteiger partial charge on any atom is -0.487 e. The van der Waals surface area contributed by atoms with E-state index in [1.54, 1.807) is 0 Å². The third kappa shape index (κ3) is 2.69. The van der Waals surface area contributed by atoms with Crippen LogP contribution >= 0.6 is 0 Å². The van der Waals surface area contributed by atoms with E-state index >= 15 is 0 Å². The van der Waals surface area contributed by atoms with Crippen molar-refractivity contribution in [2.45, 2.75) is 31.4 Å². The highest BCUT2D eigenvalue weighted by Crippen LogP contribution is 2.42. The lowest BCUT2D eigenvalue weighted by molar-refractivity contribution is 0.0495. The summed E-state index contributed by atoms with van der Waals surface area (Å²) in [5.74, 6) is 0.724. The molecule has 0 saturated heterocycles. The molecule has 1 atom stereocenters. The van der Waals surface area contributed by atoms with E-state index < -0.39 is 11.1 Å². The van der Waals surface area contributed by atoms with Crippen molar-refractivity contribution in [3.05, 3.63) is 40.3 Å². The van der Waals surface area contributed by atoms with E-state index in [0.29, 0.717) is 19.5 Å². The van der Waals surface area contributed by atoms with E-state index in [1.165, 1.54) is 0 Å². The van der Waals surface area contributed by atoms with Crippen LogP contribution in [0.25, 0.3) is 10.4 Å². The molecule has 0 spiro atoms. The molecule has 6 heteroatoms. The second-order valence-corrected chi connectivity index (χ2v) is 5.43. The lowest BCUT2D eigenvalue weighted by Gasteiger charge is -2.42. The zero-order chi connectivity index (χ0) is 14.6. The molecule has 0 fully saturated rings. The van der Waals surface area contributed by atoms with Crippen LogP contribution in [0.1, 0.15) is 25.8 Å². The largest absolute Gasteiger partial charge is 0.487 e. The summed E-state index contributed by atoms with van der Waals surface area (Å²) in [6.45, 7) is 4.68. The Morgan fingerprint density at radius 2 is 2.25 bits per heavy atom. The maximum atomic E-state index is 9.71. The maximum absolute atomic E-state index is 9.71. The lowest BCUT2D eigenvalue weighted by Crippen LogP contribution is -2.52. The molecule has 2 rings (SSSR count). The van der Waals surface area contributed by atoms with Gasteiger partial charge in [0.15, 0.2) is 0 Å². The molecule has 1 aromatic rings. The molecular formula is C14H17N5O. The number of nitrogens with one attached hydrogen (secondary N) is 1. The van der Waals surface area contributed by atoms with Gasteiger partial charge in [0, 0.05) is 30.0 Å². The van der Waals surface area contributed by atoms with Crippen molar-refractivity contribution in [1.82, 2.24) is 5.32 Å². The van der Waals surface area contributed by atoms with Gasteiger partial charge in [0.05, 0.1) is 6.07 Å². The summed E-state index contributed by atoms with van der Waals surface area (Å²) in [4.78, 5) is 2.72. The molecule has 1 heterocycles. The van der Waals surface area contributed by atoms with Gasteiger partial charge in [0.2, 0.25) is 0 Å². The first-order chi connectivity index (χ1) is 9.53. The van der Waals surface area contributed by atoms with Crippen molar-refractivity contribution in [3.63, 3.8) is 0 Å². The third-order valence-corrected chi connectivity index (χ3v) is 3.32. The lowest BCUT2D eigenvalue weighted by atomic mass is 9.78. The van der Waals surface area contributed by atoms with E-state index in [2.05, 4.69) is 21.4 Å². The molecule has 0 saturated carbocycles. The van der Waals surface area contributed by atoms with E-state index in [-0.39, 0.29) is 0 Å². The highest BCUT2D eigenvalue weighted by Gasteiger charge is 2.45. The second kappa shape index (κ2) is 5.41. The second-order valence-electron chi connectivity index (χ2n) is 5.43. The zero-order valence-electron chi connectivity index (χ0n) is 11.6. The molecular weight excluding hydrogens is 254 g/mol. The standard InChI is InChI=1S/C14H17N5O/c1-13(2)9-14(10-15,17-7-8-18-19-16)11-5-3-4-6-12(11)20-13/h3-6,17H,7-9H2,1-2H3. The normalized spacial score (nSPS) is 22.9. The van der Waals surface area contributed by atoms with Gasteiger partial charge in [-0.2, -0.15) is 5.26 Å². The highest BCUT2D eigenvalue weighted by molar-refractivity contribution is 5.46. The summed E-state index contributed by atoms with van der Waals surface area (Å²) < 4.78 is 5.93. The Balaban J connectivity index is 2.35. The number of hydrogen-bond acceptors (Lipinski definition) is 4. The number of rotatable bonds is 4. The Bertz CT molecular complexity index is 585. The van der Waals surface area contributed by atoms with Gasteiger partial charge in [-0.05, 0) is 25.4 Å². The number of para-hydroxylation sites is 1. The number of fused-ring (bicyclic) bond motifs is 1. The number of ether oxygens (including phenoxy) is 1. The van der Waals surface area contributed by atoms with Crippen LogP contribution < -0.4 is 10.1 Å². The van der Waals surface area contributed by atoms with Gasteiger partial charge in [-0.15, -0.1) is 0 Å². The first-order valence-electron chi connectivity index (χ1n) is 6.49. The predicted octanol–water partition coefficient (Wildman–Crippen LogP) is 2.87.